The molecule has 0 spiro atoms. The quantitative estimate of drug-likeness (QED) is 0.881. The summed E-state index contributed by atoms with van der Waals surface area (Å²) in [4.78, 5) is 9.56. The van der Waals surface area contributed by atoms with Gasteiger partial charge in [-0.2, -0.15) is 0 Å². The number of anilines is 1. The number of nitrogens with zero attached hydrogens (tertiary/aromatic N) is 2. The lowest BCUT2D eigenvalue weighted by molar-refractivity contribution is 1.04. The number of halogens is 1. The van der Waals surface area contributed by atoms with Gasteiger partial charge in [0.05, 0.1) is 0 Å². The predicted octanol–water partition coefficient (Wildman–Crippen LogP) is 3.43. The van der Waals surface area contributed by atoms with E-state index in [1.54, 1.807) is 18.0 Å². The Bertz CT molecular complexity index is 490. The summed E-state index contributed by atoms with van der Waals surface area (Å²) < 4.78 is 1.07. The van der Waals surface area contributed by atoms with Gasteiger partial charge in [0.15, 0.2) is 0 Å². The van der Waals surface area contributed by atoms with Crippen LogP contribution in [0.5, 0.6) is 0 Å². The van der Waals surface area contributed by atoms with Gasteiger partial charge in [0.2, 0.25) is 5.95 Å². The monoisotopic (exact) mass is 295 g/mol. The van der Waals surface area contributed by atoms with E-state index in [1.165, 1.54) is 0 Å². The molecule has 0 fully saturated rings. The first-order valence-corrected chi connectivity index (χ1v) is 6.34. The summed E-state index contributed by atoms with van der Waals surface area (Å²) in [6.07, 6.45) is 1.75. The summed E-state index contributed by atoms with van der Waals surface area (Å²) in [6.45, 7) is 0. The summed E-state index contributed by atoms with van der Waals surface area (Å²) in [5.41, 5.74) is 0. The molecule has 3 nitrogen and oxygen atoms in total. The average molecular weight is 296 g/mol. The van der Waals surface area contributed by atoms with E-state index in [1.807, 2.05) is 31.3 Å². The van der Waals surface area contributed by atoms with Gasteiger partial charge in [0.1, 0.15) is 5.03 Å². The maximum absolute atomic E-state index is 4.35. The minimum Gasteiger partial charge on any atom is -0.357 e. The lowest BCUT2D eigenvalue weighted by Gasteiger charge is -2.04. The van der Waals surface area contributed by atoms with Gasteiger partial charge in [-0.3, -0.25) is 0 Å². The standard InChI is InChI=1S/C11H10BrN3S/c1-13-11-14-7-6-10(15-11)16-9-5-3-2-4-8(9)12/h2-7H,1H3,(H,13,14,15). The van der Waals surface area contributed by atoms with Crippen molar-refractivity contribution in [3.8, 4) is 0 Å². The van der Waals surface area contributed by atoms with Crippen molar-refractivity contribution in [1.29, 1.82) is 0 Å². The lowest BCUT2D eigenvalue weighted by Crippen LogP contribution is -1.95. The highest BCUT2D eigenvalue weighted by atomic mass is 79.9. The second-order valence-corrected chi connectivity index (χ2v) is 4.92. The molecule has 1 heterocycles. The van der Waals surface area contributed by atoms with Crippen molar-refractivity contribution in [2.45, 2.75) is 9.92 Å². The summed E-state index contributed by atoms with van der Waals surface area (Å²) >= 11 is 5.12. The number of nitrogens with one attached hydrogen (secondary N) is 1. The van der Waals surface area contributed by atoms with Crippen LogP contribution in [0.15, 0.2) is 50.9 Å². The zero-order chi connectivity index (χ0) is 11.4. The highest BCUT2D eigenvalue weighted by Crippen LogP contribution is 2.32. The van der Waals surface area contributed by atoms with Crippen molar-refractivity contribution >= 4 is 33.6 Å². The van der Waals surface area contributed by atoms with Crippen molar-refractivity contribution in [3.63, 3.8) is 0 Å². The number of aromatic nitrogens is 2. The largest absolute Gasteiger partial charge is 0.357 e. The van der Waals surface area contributed by atoms with Gasteiger partial charge in [-0.05, 0) is 34.1 Å². The average Bonchev–Trinajstić information content (AvgIpc) is 2.32. The van der Waals surface area contributed by atoms with Crippen molar-refractivity contribution < 1.29 is 0 Å². The second-order valence-electron chi connectivity index (χ2n) is 3.00. The molecule has 0 bridgehead atoms. The van der Waals surface area contributed by atoms with Crippen LogP contribution in [0.3, 0.4) is 0 Å². The van der Waals surface area contributed by atoms with Gasteiger partial charge < -0.3 is 5.32 Å². The molecule has 0 radical (unpaired) electrons. The SMILES string of the molecule is CNc1nccc(Sc2ccccc2Br)n1. The van der Waals surface area contributed by atoms with Gasteiger partial charge >= 0.3 is 0 Å². The Morgan fingerprint density at radius 1 is 1.25 bits per heavy atom. The Labute approximate surface area is 107 Å². The first-order chi connectivity index (χ1) is 7.79. The third-order valence-electron chi connectivity index (χ3n) is 1.90. The molecule has 0 aliphatic heterocycles. The molecule has 0 amide bonds. The van der Waals surface area contributed by atoms with E-state index < -0.39 is 0 Å². The van der Waals surface area contributed by atoms with E-state index >= 15 is 0 Å². The lowest BCUT2D eigenvalue weighted by atomic mass is 10.4. The van der Waals surface area contributed by atoms with Crippen molar-refractivity contribution in [2.24, 2.45) is 0 Å². The van der Waals surface area contributed by atoms with Crippen LogP contribution in [0, 0.1) is 0 Å². The van der Waals surface area contributed by atoms with Gasteiger partial charge in [0.25, 0.3) is 0 Å². The number of hydrogen-bond donors (Lipinski definition) is 1. The molecule has 1 N–H and O–H groups in total. The van der Waals surface area contributed by atoms with E-state index in [0.717, 1.165) is 14.4 Å². The predicted molar refractivity (Wildman–Crippen MR) is 69.8 cm³/mol. The third-order valence-corrected chi connectivity index (χ3v) is 3.87. The molecule has 1 aromatic carbocycles. The zero-order valence-corrected chi connectivity index (χ0v) is 11.0. The Morgan fingerprint density at radius 2 is 2.06 bits per heavy atom. The maximum Gasteiger partial charge on any atom is 0.223 e. The number of benzene rings is 1. The summed E-state index contributed by atoms with van der Waals surface area (Å²) in [7, 11) is 1.81. The first kappa shape index (κ1) is 11.4. The molecule has 0 aliphatic rings. The Hall–Kier alpha value is -1.07. The molecule has 82 valence electrons. The Morgan fingerprint density at radius 3 is 2.81 bits per heavy atom. The molecule has 0 saturated heterocycles. The normalized spacial score (nSPS) is 10.1. The van der Waals surface area contributed by atoms with Crippen LogP contribution in [0.2, 0.25) is 0 Å². The van der Waals surface area contributed by atoms with Crippen LogP contribution >= 0.6 is 27.7 Å². The van der Waals surface area contributed by atoms with Crippen LogP contribution < -0.4 is 5.32 Å². The van der Waals surface area contributed by atoms with Gasteiger partial charge in [-0.15, -0.1) is 0 Å². The van der Waals surface area contributed by atoms with Crippen LogP contribution in [-0.4, -0.2) is 17.0 Å². The van der Waals surface area contributed by atoms with Crippen LogP contribution in [0.1, 0.15) is 0 Å². The van der Waals surface area contributed by atoms with Crippen LogP contribution in [0.25, 0.3) is 0 Å². The van der Waals surface area contributed by atoms with Gasteiger partial charge in [0, 0.05) is 22.6 Å². The molecular formula is C11H10BrN3S. The topological polar surface area (TPSA) is 37.8 Å². The smallest absolute Gasteiger partial charge is 0.223 e. The van der Waals surface area contributed by atoms with E-state index in [0.29, 0.717) is 5.95 Å². The molecule has 0 aliphatic carbocycles. The zero-order valence-electron chi connectivity index (χ0n) is 8.64. The molecule has 0 unspecified atom stereocenters. The number of hydrogen-bond acceptors (Lipinski definition) is 4. The Kier molecular flexibility index (Phi) is 3.79. The van der Waals surface area contributed by atoms with Crippen molar-refractivity contribution in [1.82, 2.24) is 9.97 Å². The van der Waals surface area contributed by atoms with Crippen molar-refractivity contribution in [2.75, 3.05) is 12.4 Å². The number of rotatable bonds is 3. The van der Waals surface area contributed by atoms with Crippen LogP contribution in [0.4, 0.5) is 5.95 Å². The van der Waals surface area contributed by atoms with Gasteiger partial charge in [-0.1, -0.05) is 23.9 Å². The van der Waals surface area contributed by atoms with E-state index in [9.17, 15) is 0 Å². The van der Waals surface area contributed by atoms with E-state index in [2.05, 4.69) is 37.3 Å². The molecule has 0 saturated carbocycles. The highest BCUT2D eigenvalue weighted by molar-refractivity contribution is 9.10. The van der Waals surface area contributed by atoms with E-state index in [4.69, 9.17) is 0 Å². The second kappa shape index (κ2) is 5.32. The highest BCUT2D eigenvalue weighted by Gasteiger charge is 2.03. The fourth-order valence-electron chi connectivity index (χ4n) is 1.16. The minimum atomic E-state index is 0.636. The molecule has 1 aromatic heterocycles. The van der Waals surface area contributed by atoms with Gasteiger partial charge in [-0.25, -0.2) is 9.97 Å². The third kappa shape index (κ3) is 2.74. The van der Waals surface area contributed by atoms with Crippen LogP contribution in [-0.2, 0) is 0 Å². The maximum atomic E-state index is 4.35. The Balaban J connectivity index is 2.24. The molecule has 2 aromatic rings. The summed E-state index contributed by atoms with van der Waals surface area (Å²) in [5.74, 6) is 0.636. The van der Waals surface area contributed by atoms with Crippen molar-refractivity contribution in [3.05, 3.63) is 41.0 Å². The molecule has 5 heteroatoms. The molecular weight excluding hydrogens is 286 g/mol. The molecule has 16 heavy (non-hydrogen) atoms. The molecule has 2 rings (SSSR count). The van der Waals surface area contributed by atoms with E-state index in [-0.39, 0.29) is 0 Å². The first-order valence-electron chi connectivity index (χ1n) is 4.73. The fourth-order valence-corrected chi connectivity index (χ4v) is 2.49. The summed E-state index contributed by atoms with van der Waals surface area (Å²) in [6, 6.07) is 9.96. The fraction of sp³-hybridized carbons (Fsp3) is 0.0909. The summed E-state index contributed by atoms with van der Waals surface area (Å²) in [5, 5.41) is 3.84. The minimum absolute atomic E-state index is 0.636. The molecule has 0 atom stereocenters.